The average Bonchev–Trinajstić information content (AvgIpc) is 2.93. The molecule has 0 radical (unpaired) electrons. The van der Waals surface area contributed by atoms with Gasteiger partial charge in [0.1, 0.15) is 0 Å². The third-order valence-electron chi connectivity index (χ3n) is 4.29. The Balaban J connectivity index is 1.70. The second-order valence-electron chi connectivity index (χ2n) is 6.19. The quantitative estimate of drug-likeness (QED) is 0.864. The Morgan fingerprint density at radius 2 is 1.88 bits per heavy atom. The summed E-state index contributed by atoms with van der Waals surface area (Å²) in [6, 6.07) is 13.5. The van der Waals surface area contributed by atoms with Crippen LogP contribution >= 0.6 is 15.9 Å². The number of amides is 2. The number of nitrogens with one attached hydrogen (secondary N) is 1. The minimum atomic E-state index is -0.332. The third kappa shape index (κ3) is 3.51. The molecule has 2 aromatic carbocycles. The van der Waals surface area contributed by atoms with E-state index in [4.69, 9.17) is 0 Å². The highest BCUT2D eigenvalue weighted by Gasteiger charge is 2.35. The Kier molecular flexibility index (Phi) is 4.71. The second-order valence-corrected chi connectivity index (χ2v) is 7.11. The third-order valence-corrected chi connectivity index (χ3v) is 4.78. The molecule has 1 aliphatic rings. The van der Waals surface area contributed by atoms with Crippen molar-refractivity contribution in [1.82, 2.24) is 0 Å². The average molecular weight is 387 g/mol. The molecule has 0 spiro atoms. The number of benzene rings is 2. The summed E-state index contributed by atoms with van der Waals surface area (Å²) in [6.45, 7) is 4.37. The maximum absolute atomic E-state index is 12.5. The molecule has 2 amide bonds. The molecule has 1 aliphatic heterocycles. The molecule has 1 saturated heterocycles. The van der Waals surface area contributed by atoms with Gasteiger partial charge in [-0.25, -0.2) is 0 Å². The minimum absolute atomic E-state index is 0.00784. The molecule has 1 fully saturated rings. The van der Waals surface area contributed by atoms with Crippen LogP contribution in [-0.2, 0) is 9.59 Å². The molecule has 124 valence electrons. The van der Waals surface area contributed by atoms with Crippen molar-refractivity contribution in [3.63, 3.8) is 0 Å². The molecule has 0 aromatic heterocycles. The number of hydrogen-bond donors (Lipinski definition) is 1. The van der Waals surface area contributed by atoms with E-state index in [2.05, 4.69) is 21.2 Å². The Morgan fingerprint density at radius 3 is 2.54 bits per heavy atom. The second kappa shape index (κ2) is 6.77. The molecule has 2 aromatic rings. The number of hydrogen-bond acceptors (Lipinski definition) is 2. The SMILES string of the molecule is Cc1ccc(N2C[C@H](C(=O)Nc3ccc(Br)cc3C)CC2=O)cc1. The molecule has 0 bridgehead atoms. The lowest BCUT2D eigenvalue weighted by Crippen LogP contribution is -2.28. The molecule has 1 atom stereocenters. The van der Waals surface area contributed by atoms with Crippen LogP contribution in [0.15, 0.2) is 46.9 Å². The first-order chi connectivity index (χ1) is 11.4. The zero-order chi connectivity index (χ0) is 17.3. The monoisotopic (exact) mass is 386 g/mol. The lowest BCUT2D eigenvalue weighted by atomic mass is 10.1. The number of carbonyl (C=O) groups is 2. The van der Waals surface area contributed by atoms with Crippen LogP contribution in [0.5, 0.6) is 0 Å². The van der Waals surface area contributed by atoms with Gasteiger partial charge in [-0.1, -0.05) is 33.6 Å². The summed E-state index contributed by atoms with van der Waals surface area (Å²) in [4.78, 5) is 26.5. The number of halogens is 1. The molecule has 0 unspecified atom stereocenters. The van der Waals surface area contributed by atoms with Gasteiger partial charge in [-0.15, -0.1) is 0 Å². The van der Waals surface area contributed by atoms with Crippen molar-refractivity contribution in [3.8, 4) is 0 Å². The summed E-state index contributed by atoms with van der Waals surface area (Å²) >= 11 is 3.41. The fourth-order valence-corrected chi connectivity index (χ4v) is 3.34. The van der Waals surface area contributed by atoms with Crippen molar-refractivity contribution in [2.75, 3.05) is 16.8 Å². The highest BCUT2D eigenvalue weighted by Crippen LogP contribution is 2.27. The summed E-state index contributed by atoms with van der Waals surface area (Å²) in [6.07, 6.45) is 0.245. The van der Waals surface area contributed by atoms with E-state index < -0.39 is 0 Å². The van der Waals surface area contributed by atoms with E-state index in [1.165, 1.54) is 0 Å². The standard InChI is InChI=1S/C19H19BrN2O2/c1-12-3-6-16(7-4-12)22-11-14(10-18(22)23)19(24)21-17-8-5-15(20)9-13(17)2/h3-9,14H,10-11H2,1-2H3,(H,21,24)/t14-/m1/s1. The maximum atomic E-state index is 12.5. The fraction of sp³-hybridized carbons (Fsp3) is 0.263. The topological polar surface area (TPSA) is 49.4 Å². The first-order valence-electron chi connectivity index (χ1n) is 7.88. The van der Waals surface area contributed by atoms with Crippen molar-refractivity contribution in [1.29, 1.82) is 0 Å². The Bertz CT molecular complexity index is 786. The van der Waals surface area contributed by atoms with E-state index in [1.807, 2.05) is 56.3 Å². The van der Waals surface area contributed by atoms with Crippen molar-refractivity contribution in [2.45, 2.75) is 20.3 Å². The van der Waals surface area contributed by atoms with Crippen LogP contribution in [0.4, 0.5) is 11.4 Å². The van der Waals surface area contributed by atoms with Gasteiger partial charge in [-0.05, 0) is 49.7 Å². The van der Waals surface area contributed by atoms with E-state index in [9.17, 15) is 9.59 Å². The normalized spacial score (nSPS) is 17.2. The van der Waals surface area contributed by atoms with Crippen LogP contribution in [0.2, 0.25) is 0 Å². The van der Waals surface area contributed by atoms with Crippen LogP contribution < -0.4 is 10.2 Å². The highest BCUT2D eigenvalue weighted by molar-refractivity contribution is 9.10. The molecule has 5 heteroatoms. The predicted octanol–water partition coefficient (Wildman–Crippen LogP) is 4.06. The molecule has 4 nitrogen and oxygen atoms in total. The van der Waals surface area contributed by atoms with Crippen LogP contribution in [0.3, 0.4) is 0 Å². The van der Waals surface area contributed by atoms with Crippen LogP contribution in [0, 0.1) is 19.8 Å². The van der Waals surface area contributed by atoms with Gasteiger partial charge < -0.3 is 10.2 Å². The van der Waals surface area contributed by atoms with Gasteiger partial charge in [0.2, 0.25) is 11.8 Å². The predicted molar refractivity (Wildman–Crippen MR) is 99.1 cm³/mol. The number of carbonyl (C=O) groups excluding carboxylic acids is 2. The number of rotatable bonds is 3. The summed E-state index contributed by atoms with van der Waals surface area (Å²) in [7, 11) is 0. The van der Waals surface area contributed by atoms with Gasteiger partial charge in [0.25, 0.3) is 0 Å². The zero-order valence-electron chi connectivity index (χ0n) is 13.7. The molecular formula is C19H19BrN2O2. The maximum Gasteiger partial charge on any atom is 0.229 e. The Morgan fingerprint density at radius 1 is 1.17 bits per heavy atom. The van der Waals surface area contributed by atoms with Crippen molar-refractivity contribution in [2.24, 2.45) is 5.92 Å². The van der Waals surface area contributed by atoms with Gasteiger partial charge in [-0.3, -0.25) is 9.59 Å². The Hall–Kier alpha value is -2.14. The van der Waals surface area contributed by atoms with Gasteiger partial charge in [-0.2, -0.15) is 0 Å². The molecule has 24 heavy (non-hydrogen) atoms. The summed E-state index contributed by atoms with van der Waals surface area (Å²) in [5.41, 5.74) is 3.76. The van der Waals surface area contributed by atoms with Gasteiger partial charge in [0, 0.05) is 28.8 Å². The minimum Gasteiger partial charge on any atom is -0.326 e. The number of aryl methyl sites for hydroxylation is 2. The van der Waals surface area contributed by atoms with Crippen molar-refractivity contribution in [3.05, 3.63) is 58.1 Å². The molecule has 1 heterocycles. The van der Waals surface area contributed by atoms with Crippen LogP contribution in [-0.4, -0.2) is 18.4 Å². The zero-order valence-corrected chi connectivity index (χ0v) is 15.3. The Labute approximate surface area is 150 Å². The van der Waals surface area contributed by atoms with Crippen LogP contribution in [0.1, 0.15) is 17.5 Å². The van der Waals surface area contributed by atoms with Gasteiger partial charge in [0.05, 0.1) is 5.92 Å². The molecule has 3 rings (SSSR count). The van der Waals surface area contributed by atoms with E-state index >= 15 is 0 Å². The van der Waals surface area contributed by atoms with E-state index in [0.29, 0.717) is 6.54 Å². The smallest absolute Gasteiger partial charge is 0.229 e. The molecule has 0 saturated carbocycles. The lowest BCUT2D eigenvalue weighted by molar-refractivity contribution is -0.122. The largest absolute Gasteiger partial charge is 0.326 e. The summed E-state index contributed by atoms with van der Waals surface area (Å²) < 4.78 is 0.972. The van der Waals surface area contributed by atoms with Crippen molar-refractivity contribution >= 4 is 39.1 Å². The van der Waals surface area contributed by atoms with Gasteiger partial charge in [0.15, 0.2) is 0 Å². The first kappa shape index (κ1) is 16.7. The lowest BCUT2D eigenvalue weighted by Gasteiger charge is -2.17. The highest BCUT2D eigenvalue weighted by atomic mass is 79.9. The van der Waals surface area contributed by atoms with E-state index in [-0.39, 0.29) is 24.2 Å². The number of anilines is 2. The molecule has 1 N–H and O–H groups in total. The van der Waals surface area contributed by atoms with Crippen molar-refractivity contribution < 1.29 is 9.59 Å². The first-order valence-corrected chi connectivity index (χ1v) is 8.67. The molecule has 0 aliphatic carbocycles. The van der Waals surface area contributed by atoms with E-state index in [1.54, 1.807) is 4.90 Å². The number of nitrogens with zero attached hydrogens (tertiary/aromatic N) is 1. The summed E-state index contributed by atoms with van der Waals surface area (Å²) in [5, 5.41) is 2.94. The van der Waals surface area contributed by atoms with Crippen LogP contribution in [0.25, 0.3) is 0 Å². The van der Waals surface area contributed by atoms with Gasteiger partial charge >= 0.3 is 0 Å². The fourth-order valence-electron chi connectivity index (χ4n) is 2.86. The molecular weight excluding hydrogens is 368 g/mol. The summed E-state index contributed by atoms with van der Waals surface area (Å²) in [5.74, 6) is -0.447. The van der Waals surface area contributed by atoms with E-state index in [0.717, 1.165) is 27.0 Å².